The van der Waals surface area contributed by atoms with Crippen molar-refractivity contribution in [2.75, 3.05) is 6.54 Å². The Morgan fingerprint density at radius 2 is 2.11 bits per heavy atom. The molecule has 0 fully saturated rings. The van der Waals surface area contributed by atoms with Crippen LogP contribution in [0.3, 0.4) is 0 Å². The van der Waals surface area contributed by atoms with E-state index in [1.54, 1.807) is 0 Å². The van der Waals surface area contributed by atoms with Crippen molar-refractivity contribution in [2.24, 2.45) is 0 Å². The van der Waals surface area contributed by atoms with Crippen LogP contribution >= 0.6 is 23.2 Å². The molecule has 1 N–H and O–H groups in total. The first-order valence-electron chi connectivity index (χ1n) is 5.39. The van der Waals surface area contributed by atoms with E-state index in [9.17, 15) is 14.9 Å². The van der Waals surface area contributed by atoms with Crippen LogP contribution < -0.4 is 5.32 Å². The molecule has 98 valence electrons. The molecular weight excluding hydrogens is 279 g/mol. The summed E-state index contributed by atoms with van der Waals surface area (Å²) in [6, 6.07) is 2.44. The van der Waals surface area contributed by atoms with E-state index >= 15 is 0 Å². The van der Waals surface area contributed by atoms with Gasteiger partial charge in [-0.3, -0.25) is 14.9 Å². The Kier molecular flexibility index (Phi) is 5.37. The number of hydrogen-bond donors (Lipinski definition) is 1. The molecule has 1 amide bonds. The molecule has 0 bridgehead atoms. The molecule has 0 heterocycles. The fraction of sp³-hybridized carbons (Fsp3) is 0.364. The number of nitrogens with zero attached hydrogens (tertiary/aromatic N) is 1. The van der Waals surface area contributed by atoms with E-state index in [2.05, 4.69) is 5.32 Å². The molecule has 0 spiro atoms. The van der Waals surface area contributed by atoms with E-state index < -0.39 is 10.8 Å². The average molecular weight is 291 g/mol. The van der Waals surface area contributed by atoms with Crippen LogP contribution in [0, 0.1) is 10.1 Å². The molecule has 7 heteroatoms. The first-order chi connectivity index (χ1) is 8.47. The molecular formula is C11H12Cl2N2O3. The molecule has 5 nitrogen and oxygen atoms in total. The highest BCUT2D eigenvalue weighted by atomic mass is 35.5. The second kappa shape index (κ2) is 6.56. The van der Waals surface area contributed by atoms with Crippen molar-refractivity contribution < 1.29 is 9.72 Å². The third-order valence-electron chi connectivity index (χ3n) is 2.28. The van der Waals surface area contributed by atoms with Crippen molar-refractivity contribution in [3.05, 3.63) is 37.9 Å². The molecule has 1 aromatic carbocycles. The summed E-state index contributed by atoms with van der Waals surface area (Å²) in [4.78, 5) is 21.8. The van der Waals surface area contributed by atoms with Gasteiger partial charge in [0.2, 0.25) is 0 Å². The Morgan fingerprint density at radius 1 is 1.44 bits per heavy atom. The number of carbonyl (C=O) groups is 1. The second-order valence-electron chi connectivity index (χ2n) is 3.66. The van der Waals surface area contributed by atoms with Crippen LogP contribution in [0.25, 0.3) is 0 Å². The van der Waals surface area contributed by atoms with Gasteiger partial charge in [0.25, 0.3) is 11.6 Å². The van der Waals surface area contributed by atoms with Gasteiger partial charge in [-0.15, -0.1) is 0 Å². The highest BCUT2D eigenvalue weighted by Gasteiger charge is 2.19. The van der Waals surface area contributed by atoms with Crippen LogP contribution in [0.5, 0.6) is 0 Å². The minimum Gasteiger partial charge on any atom is -0.352 e. The molecule has 0 aliphatic heterocycles. The summed E-state index contributed by atoms with van der Waals surface area (Å²) in [5, 5.41) is 13.2. The lowest BCUT2D eigenvalue weighted by Gasteiger charge is -2.06. The maximum Gasteiger partial charge on any atom is 0.290 e. The molecule has 18 heavy (non-hydrogen) atoms. The fourth-order valence-electron chi connectivity index (χ4n) is 1.32. The Bertz CT molecular complexity index is 478. The first-order valence-corrected chi connectivity index (χ1v) is 6.14. The summed E-state index contributed by atoms with van der Waals surface area (Å²) in [6.07, 6.45) is 1.79. The van der Waals surface area contributed by atoms with Crippen molar-refractivity contribution in [3.63, 3.8) is 0 Å². The lowest BCUT2D eigenvalue weighted by molar-refractivity contribution is -0.384. The lowest BCUT2D eigenvalue weighted by Crippen LogP contribution is -2.24. The maximum atomic E-state index is 11.7. The monoisotopic (exact) mass is 290 g/mol. The smallest absolute Gasteiger partial charge is 0.290 e. The Balaban J connectivity index is 2.96. The fourth-order valence-corrected chi connectivity index (χ4v) is 1.71. The van der Waals surface area contributed by atoms with Gasteiger partial charge in [-0.1, -0.05) is 36.5 Å². The summed E-state index contributed by atoms with van der Waals surface area (Å²) in [5.41, 5.74) is -0.239. The summed E-state index contributed by atoms with van der Waals surface area (Å²) in [7, 11) is 0. The molecule has 0 aliphatic rings. The van der Waals surface area contributed by atoms with Gasteiger partial charge in [0, 0.05) is 18.2 Å². The lowest BCUT2D eigenvalue weighted by atomic mass is 10.2. The number of nitro benzene ring substituents is 1. The topological polar surface area (TPSA) is 72.2 Å². The second-order valence-corrected chi connectivity index (χ2v) is 4.44. The van der Waals surface area contributed by atoms with Crippen LogP contribution in [0.1, 0.15) is 30.1 Å². The largest absolute Gasteiger partial charge is 0.352 e. The third kappa shape index (κ3) is 3.58. The molecule has 1 aromatic rings. The summed E-state index contributed by atoms with van der Waals surface area (Å²) < 4.78 is 0. The van der Waals surface area contributed by atoms with Crippen LogP contribution in [-0.2, 0) is 0 Å². The Morgan fingerprint density at radius 3 is 2.67 bits per heavy atom. The van der Waals surface area contributed by atoms with Crippen molar-refractivity contribution in [1.29, 1.82) is 0 Å². The zero-order chi connectivity index (χ0) is 13.7. The van der Waals surface area contributed by atoms with E-state index in [0.717, 1.165) is 18.9 Å². The number of nitrogens with one attached hydrogen (secondary N) is 1. The number of unbranched alkanes of at least 4 members (excludes halogenated alkanes) is 1. The normalized spacial score (nSPS) is 10.2. The summed E-state index contributed by atoms with van der Waals surface area (Å²) in [5.74, 6) is -0.398. The summed E-state index contributed by atoms with van der Waals surface area (Å²) >= 11 is 11.4. The number of rotatable bonds is 5. The maximum absolute atomic E-state index is 11.7. The minimum absolute atomic E-state index is 0.00786. The summed E-state index contributed by atoms with van der Waals surface area (Å²) in [6.45, 7) is 2.51. The molecule has 0 radical (unpaired) electrons. The van der Waals surface area contributed by atoms with E-state index in [-0.39, 0.29) is 21.3 Å². The van der Waals surface area contributed by atoms with E-state index in [0.29, 0.717) is 6.54 Å². The quantitative estimate of drug-likeness (QED) is 0.513. The zero-order valence-corrected chi connectivity index (χ0v) is 11.2. The number of benzene rings is 1. The highest BCUT2D eigenvalue weighted by Crippen LogP contribution is 2.32. The van der Waals surface area contributed by atoms with Gasteiger partial charge in [-0.05, 0) is 12.5 Å². The van der Waals surface area contributed by atoms with Gasteiger partial charge in [0.15, 0.2) is 0 Å². The van der Waals surface area contributed by atoms with Crippen molar-refractivity contribution in [3.8, 4) is 0 Å². The molecule has 0 atom stereocenters. The number of carbonyl (C=O) groups excluding carboxylic acids is 1. The van der Waals surface area contributed by atoms with Crippen LogP contribution in [0.15, 0.2) is 12.1 Å². The standard InChI is InChI=1S/C11H12Cl2N2O3/c1-2-3-4-14-11(16)7-5-8(12)10(13)9(6-7)15(17)18/h5-6H,2-4H2,1H3,(H,14,16). The minimum atomic E-state index is -0.670. The average Bonchev–Trinajstić information content (AvgIpc) is 2.32. The van der Waals surface area contributed by atoms with E-state index in [1.165, 1.54) is 6.07 Å². The Labute approximate surface area is 114 Å². The SMILES string of the molecule is CCCCNC(=O)c1cc(Cl)c(Cl)c([N+](=O)[O-])c1. The number of amides is 1. The molecule has 0 aliphatic carbocycles. The van der Waals surface area contributed by atoms with Crippen LogP contribution in [0.2, 0.25) is 10.0 Å². The molecule has 0 unspecified atom stereocenters. The number of hydrogen-bond acceptors (Lipinski definition) is 3. The predicted molar refractivity (Wildman–Crippen MR) is 70.4 cm³/mol. The number of nitro groups is 1. The van der Waals surface area contributed by atoms with Gasteiger partial charge in [-0.25, -0.2) is 0 Å². The van der Waals surface area contributed by atoms with Gasteiger partial charge < -0.3 is 5.32 Å². The van der Waals surface area contributed by atoms with Gasteiger partial charge in [0.1, 0.15) is 5.02 Å². The zero-order valence-electron chi connectivity index (χ0n) is 9.70. The van der Waals surface area contributed by atoms with Crippen LogP contribution in [-0.4, -0.2) is 17.4 Å². The predicted octanol–water partition coefficient (Wildman–Crippen LogP) is 3.43. The Hall–Kier alpha value is -1.33. The third-order valence-corrected chi connectivity index (χ3v) is 3.08. The van der Waals surface area contributed by atoms with Gasteiger partial charge in [0.05, 0.1) is 9.95 Å². The molecule has 0 saturated heterocycles. The number of halogens is 2. The van der Waals surface area contributed by atoms with Crippen molar-refractivity contribution >= 4 is 34.8 Å². The first kappa shape index (κ1) is 14.7. The highest BCUT2D eigenvalue weighted by molar-refractivity contribution is 6.43. The molecule has 0 aromatic heterocycles. The molecule has 1 rings (SSSR count). The molecule has 0 saturated carbocycles. The van der Waals surface area contributed by atoms with Crippen LogP contribution in [0.4, 0.5) is 5.69 Å². The van der Waals surface area contributed by atoms with E-state index in [4.69, 9.17) is 23.2 Å². The van der Waals surface area contributed by atoms with Gasteiger partial charge >= 0.3 is 0 Å². The van der Waals surface area contributed by atoms with Gasteiger partial charge in [-0.2, -0.15) is 0 Å². The van der Waals surface area contributed by atoms with Crippen molar-refractivity contribution in [2.45, 2.75) is 19.8 Å². The van der Waals surface area contributed by atoms with Crippen molar-refractivity contribution in [1.82, 2.24) is 5.32 Å². The van der Waals surface area contributed by atoms with E-state index in [1.807, 2.05) is 6.92 Å².